The van der Waals surface area contributed by atoms with E-state index in [2.05, 4.69) is 60.1 Å². The van der Waals surface area contributed by atoms with Gasteiger partial charge in [-0.15, -0.1) is 0 Å². The molecule has 2 aromatic carbocycles. The summed E-state index contributed by atoms with van der Waals surface area (Å²) in [5.41, 5.74) is 6.08. The molecule has 4 rings (SSSR count). The summed E-state index contributed by atoms with van der Waals surface area (Å²) in [4.78, 5) is 14.5. The summed E-state index contributed by atoms with van der Waals surface area (Å²) in [6, 6.07) is 16.9. The van der Waals surface area contributed by atoms with Crippen LogP contribution in [0, 0.1) is 0 Å². The first-order chi connectivity index (χ1) is 11.2. The van der Waals surface area contributed by atoms with E-state index in [0.29, 0.717) is 6.42 Å². The van der Waals surface area contributed by atoms with Crippen LogP contribution in [0.4, 0.5) is 0 Å². The standard InChI is InChI=1S/C20H20N2O/c1-21-12-11-14-7-3-4-8-15(14)20-17(13-19(21)23)16-9-5-6-10-18(16)22(20)2/h3-10H,11-13H2,1-2H3. The molecule has 1 aromatic heterocycles. The molecule has 0 radical (unpaired) electrons. The number of benzene rings is 2. The number of carbonyl (C=O) groups excluding carboxylic acids is 1. The van der Waals surface area contributed by atoms with Crippen LogP contribution in [0.15, 0.2) is 48.5 Å². The molecule has 0 fully saturated rings. The highest BCUT2D eigenvalue weighted by Crippen LogP contribution is 2.36. The van der Waals surface area contributed by atoms with Gasteiger partial charge in [0.05, 0.1) is 12.1 Å². The number of para-hydroxylation sites is 1. The Morgan fingerprint density at radius 3 is 2.57 bits per heavy atom. The Labute approximate surface area is 136 Å². The van der Waals surface area contributed by atoms with E-state index < -0.39 is 0 Å². The zero-order valence-electron chi connectivity index (χ0n) is 13.5. The van der Waals surface area contributed by atoms with Crippen LogP contribution in [0.1, 0.15) is 11.1 Å². The molecule has 0 saturated carbocycles. The first-order valence-corrected chi connectivity index (χ1v) is 8.05. The monoisotopic (exact) mass is 304 g/mol. The van der Waals surface area contributed by atoms with Gasteiger partial charge in [-0.05, 0) is 23.6 Å². The van der Waals surface area contributed by atoms with Crippen LogP contribution in [0.5, 0.6) is 0 Å². The fourth-order valence-electron chi connectivity index (χ4n) is 3.66. The van der Waals surface area contributed by atoms with Gasteiger partial charge in [0.25, 0.3) is 0 Å². The van der Waals surface area contributed by atoms with Crippen molar-refractivity contribution in [3.8, 4) is 11.3 Å². The number of fused-ring (bicyclic) bond motifs is 5. The Hall–Kier alpha value is -2.55. The summed E-state index contributed by atoms with van der Waals surface area (Å²) in [5, 5.41) is 1.18. The number of aryl methyl sites for hydroxylation is 1. The Balaban J connectivity index is 2.09. The van der Waals surface area contributed by atoms with Gasteiger partial charge in [0, 0.05) is 37.1 Å². The molecule has 0 atom stereocenters. The molecule has 0 unspecified atom stereocenters. The van der Waals surface area contributed by atoms with Gasteiger partial charge in [0.15, 0.2) is 0 Å². The van der Waals surface area contributed by atoms with Gasteiger partial charge in [0.2, 0.25) is 5.91 Å². The van der Waals surface area contributed by atoms with Crippen molar-refractivity contribution < 1.29 is 4.79 Å². The van der Waals surface area contributed by atoms with Crippen LogP contribution in [0.25, 0.3) is 22.2 Å². The van der Waals surface area contributed by atoms with E-state index in [1.54, 1.807) is 0 Å². The van der Waals surface area contributed by atoms with Crippen LogP contribution in [-0.2, 0) is 24.7 Å². The van der Waals surface area contributed by atoms with Crippen molar-refractivity contribution in [2.75, 3.05) is 13.6 Å². The minimum Gasteiger partial charge on any atom is -0.345 e. The Morgan fingerprint density at radius 2 is 1.70 bits per heavy atom. The number of aromatic nitrogens is 1. The topological polar surface area (TPSA) is 25.2 Å². The Bertz CT molecular complexity index is 907. The minimum atomic E-state index is 0.190. The average Bonchev–Trinajstić information content (AvgIpc) is 2.87. The normalized spacial score (nSPS) is 14.9. The third-order valence-corrected chi connectivity index (χ3v) is 4.95. The molecule has 2 heterocycles. The van der Waals surface area contributed by atoms with Crippen molar-refractivity contribution in [3.63, 3.8) is 0 Å². The first-order valence-electron chi connectivity index (χ1n) is 8.05. The number of nitrogens with zero attached hydrogens (tertiary/aromatic N) is 2. The van der Waals surface area contributed by atoms with Crippen LogP contribution < -0.4 is 0 Å². The predicted molar refractivity (Wildman–Crippen MR) is 93.4 cm³/mol. The molecular weight excluding hydrogens is 284 g/mol. The van der Waals surface area contributed by atoms with Crippen LogP contribution >= 0.6 is 0 Å². The average molecular weight is 304 g/mol. The van der Waals surface area contributed by atoms with Gasteiger partial charge in [-0.3, -0.25) is 4.79 Å². The summed E-state index contributed by atoms with van der Waals surface area (Å²) >= 11 is 0. The highest BCUT2D eigenvalue weighted by Gasteiger charge is 2.23. The number of likely N-dealkylation sites (N-methyl/N-ethyl adjacent to an activating group) is 1. The van der Waals surface area contributed by atoms with E-state index in [9.17, 15) is 4.79 Å². The largest absolute Gasteiger partial charge is 0.345 e. The lowest BCUT2D eigenvalue weighted by Crippen LogP contribution is -2.29. The highest BCUT2D eigenvalue weighted by atomic mass is 16.2. The highest BCUT2D eigenvalue weighted by molar-refractivity contribution is 5.96. The fourth-order valence-corrected chi connectivity index (χ4v) is 3.66. The predicted octanol–water partition coefficient (Wildman–Crippen LogP) is 3.40. The van der Waals surface area contributed by atoms with Crippen molar-refractivity contribution in [2.45, 2.75) is 12.8 Å². The van der Waals surface area contributed by atoms with Gasteiger partial charge in [-0.25, -0.2) is 0 Å². The maximum Gasteiger partial charge on any atom is 0.226 e. The van der Waals surface area contributed by atoms with Crippen molar-refractivity contribution in [1.82, 2.24) is 9.47 Å². The summed E-state index contributed by atoms with van der Waals surface area (Å²) in [5.74, 6) is 0.190. The number of hydrogen-bond donors (Lipinski definition) is 0. The Kier molecular flexibility index (Phi) is 3.22. The van der Waals surface area contributed by atoms with E-state index in [0.717, 1.165) is 18.5 Å². The molecule has 1 aliphatic heterocycles. The van der Waals surface area contributed by atoms with E-state index in [1.807, 2.05) is 11.9 Å². The summed E-state index contributed by atoms with van der Waals surface area (Å²) in [6.07, 6.45) is 1.35. The number of amides is 1. The molecule has 0 spiro atoms. The lowest BCUT2D eigenvalue weighted by atomic mass is 9.97. The van der Waals surface area contributed by atoms with Gasteiger partial charge in [0.1, 0.15) is 0 Å². The van der Waals surface area contributed by atoms with Gasteiger partial charge in [-0.1, -0.05) is 42.5 Å². The maximum absolute atomic E-state index is 12.6. The first kappa shape index (κ1) is 14.1. The zero-order valence-corrected chi connectivity index (χ0v) is 13.5. The molecule has 0 aliphatic carbocycles. The van der Waals surface area contributed by atoms with Crippen molar-refractivity contribution in [3.05, 3.63) is 59.7 Å². The van der Waals surface area contributed by atoms with E-state index in [4.69, 9.17) is 0 Å². The Morgan fingerprint density at radius 1 is 0.957 bits per heavy atom. The van der Waals surface area contributed by atoms with E-state index in [1.165, 1.54) is 27.7 Å². The fraction of sp³-hybridized carbons (Fsp3) is 0.250. The third-order valence-electron chi connectivity index (χ3n) is 4.95. The van der Waals surface area contributed by atoms with Gasteiger partial charge >= 0.3 is 0 Å². The summed E-state index contributed by atoms with van der Waals surface area (Å²) in [7, 11) is 4.01. The van der Waals surface area contributed by atoms with Crippen LogP contribution in [0.2, 0.25) is 0 Å². The molecule has 3 aromatic rings. The van der Waals surface area contributed by atoms with Crippen molar-refractivity contribution >= 4 is 16.8 Å². The molecule has 1 aliphatic rings. The maximum atomic E-state index is 12.6. The molecule has 23 heavy (non-hydrogen) atoms. The molecule has 1 amide bonds. The minimum absolute atomic E-state index is 0.190. The molecular formula is C20H20N2O. The van der Waals surface area contributed by atoms with Gasteiger partial charge in [-0.2, -0.15) is 0 Å². The number of carbonyl (C=O) groups is 1. The number of hydrogen-bond acceptors (Lipinski definition) is 1. The second kappa shape index (κ2) is 5.27. The van der Waals surface area contributed by atoms with Crippen LogP contribution in [0.3, 0.4) is 0 Å². The summed E-state index contributed by atoms with van der Waals surface area (Å²) < 4.78 is 2.24. The van der Waals surface area contributed by atoms with Crippen molar-refractivity contribution in [2.24, 2.45) is 7.05 Å². The second-order valence-corrected chi connectivity index (χ2v) is 6.30. The van der Waals surface area contributed by atoms with Crippen molar-refractivity contribution in [1.29, 1.82) is 0 Å². The van der Waals surface area contributed by atoms with E-state index >= 15 is 0 Å². The zero-order chi connectivity index (χ0) is 16.0. The van der Waals surface area contributed by atoms with Crippen LogP contribution in [-0.4, -0.2) is 29.0 Å². The molecule has 116 valence electrons. The molecule has 3 nitrogen and oxygen atoms in total. The van der Waals surface area contributed by atoms with E-state index in [-0.39, 0.29) is 5.91 Å². The SMILES string of the molecule is CN1CCc2ccccc2-c2c(c3ccccc3n2C)CC1=O. The molecule has 3 heteroatoms. The number of rotatable bonds is 0. The molecule has 0 saturated heterocycles. The summed E-state index contributed by atoms with van der Waals surface area (Å²) in [6.45, 7) is 0.766. The lowest BCUT2D eigenvalue weighted by molar-refractivity contribution is -0.129. The van der Waals surface area contributed by atoms with Gasteiger partial charge < -0.3 is 9.47 Å². The smallest absolute Gasteiger partial charge is 0.226 e. The quantitative estimate of drug-likeness (QED) is 0.625. The second-order valence-electron chi connectivity index (χ2n) is 6.30. The molecule has 0 N–H and O–H groups in total. The third kappa shape index (κ3) is 2.15. The molecule has 0 bridgehead atoms. The lowest BCUT2D eigenvalue weighted by Gasteiger charge is -2.16.